The smallest absolute Gasteiger partial charge is 0.341 e. The molecule has 1 unspecified atom stereocenters. The number of aromatic carboxylic acids is 1. The molecule has 1 saturated heterocycles. The maximum absolute atomic E-state index is 14.1. The first kappa shape index (κ1) is 20.1. The highest BCUT2D eigenvalue weighted by molar-refractivity contribution is 5.94. The van der Waals surface area contributed by atoms with Gasteiger partial charge in [-0.05, 0) is 56.5 Å². The second-order valence-electron chi connectivity index (χ2n) is 7.68. The zero-order valence-corrected chi connectivity index (χ0v) is 16.8. The second-order valence-corrected chi connectivity index (χ2v) is 7.68. The molecule has 3 heterocycles. The summed E-state index contributed by atoms with van der Waals surface area (Å²) in [6.45, 7) is 4.40. The van der Waals surface area contributed by atoms with Gasteiger partial charge in [0.15, 0.2) is 5.65 Å². The fourth-order valence-electron chi connectivity index (χ4n) is 3.97. The first-order valence-corrected chi connectivity index (χ1v) is 10.0. The number of hydrogen-bond acceptors (Lipinski definition) is 6. The van der Waals surface area contributed by atoms with E-state index in [-0.39, 0.29) is 23.1 Å². The second kappa shape index (κ2) is 8.27. The van der Waals surface area contributed by atoms with Crippen molar-refractivity contribution in [2.75, 3.05) is 29.9 Å². The molecule has 9 heteroatoms. The third kappa shape index (κ3) is 3.93. The lowest BCUT2D eigenvalue weighted by Gasteiger charge is -2.35. The van der Waals surface area contributed by atoms with E-state index < -0.39 is 5.97 Å². The molecule has 4 rings (SSSR count). The maximum Gasteiger partial charge on any atom is 0.341 e. The van der Waals surface area contributed by atoms with E-state index in [9.17, 15) is 14.3 Å². The van der Waals surface area contributed by atoms with Crippen molar-refractivity contribution in [2.24, 2.45) is 11.7 Å². The van der Waals surface area contributed by atoms with E-state index in [0.717, 1.165) is 37.2 Å². The molecule has 1 aromatic carbocycles. The third-order valence-corrected chi connectivity index (χ3v) is 5.71. The van der Waals surface area contributed by atoms with Crippen molar-refractivity contribution in [3.8, 4) is 0 Å². The van der Waals surface area contributed by atoms with Crippen LogP contribution in [0.3, 0.4) is 0 Å². The maximum atomic E-state index is 14.1. The van der Waals surface area contributed by atoms with Crippen LogP contribution in [0.5, 0.6) is 0 Å². The van der Waals surface area contributed by atoms with Crippen LogP contribution in [0.4, 0.5) is 15.9 Å². The summed E-state index contributed by atoms with van der Waals surface area (Å²) in [5.41, 5.74) is 7.90. The minimum atomic E-state index is -1.09. The number of benzene rings is 1. The Balaban J connectivity index is 1.60. The summed E-state index contributed by atoms with van der Waals surface area (Å²) in [6.07, 6.45) is 4.96. The molecule has 1 fully saturated rings. The van der Waals surface area contributed by atoms with E-state index in [1.54, 1.807) is 18.3 Å². The Hall–Kier alpha value is -3.20. The van der Waals surface area contributed by atoms with Gasteiger partial charge in [0.25, 0.3) is 0 Å². The molecule has 0 spiro atoms. The van der Waals surface area contributed by atoms with Gasteiger partial charge in [0, 0.05) is 30.5 Å². The molecule has 3 aromatic rings. The van der Waals surface area contributed by atoms with Crippen LogP contribution in [0.25, 0.3) is 5.65 Å². The quantitative estimate of drug-likeness (QED) is 0.571. The lowest BCUT2D eigenvalue weighted by molar-refractivity contribution is 0.0698. The average molecular weight is 412 g/mol. The van der Waals surface area contributed by atoms with Crippen LogP contribution >= 0.6 is 0 Å². The summed E-state index contributed by atoms with van der Waals surface area (Å²) >= 11 is 0. The number of nitrogens with two attached hydrogens (primary N) is 1. The number of aromatic nitrogens is 3. The summed E-state index contributed by atoms with van der Waals surface area (Å²) in [5.74, 6) is -0.353. The van der Waals surface area contributed by atoms with Crippen molar-refractivity contribution in [3.05, 3.63) is 53.6 Å². The Morgan fingerprint density at radius 3 is 2.83 bits per heavy atom. The lowest BCUT2D eigenvalue weighted by atomic mass is 9.95. The number of carboxylic acid groups (broad SMARTS) is 1. The lowest BCUT2D eigenvalue weighted by Crippen LogP contribution is -2.36. The average Bonchev–Trinajstić information content (AvgIpc) is 3.17. The zero-order valence-electron chi connectivity index (χ0n) is 16.8. The predicted octanol–water partition coefficient (Wildman–Crippen LogP) is 2.91. The minimum Gasteiger partial charge on any atom is -0.477 e. The number of carbonyl (C=O) groups is 1. The van der Waals surface area contributed by atoms with Gasteiger partial charge in [0.2, 0.25) is 0 Å². The van der Waals surface area contributed by atoms with Crippen LogP contribution in [-0.4, -0.2) is 45.3 Å². The third-order valence-electron chi connectivity index (χ3n) is 5.71. The molecule has 0 aliphatic carbocycles. The van der Waals surface area contributed by atoms with E-state index in [1.807, 2.05) is 13.0 Å². The highest BCUT2D eigenvalue weighted by Gasteiger charge is 2.23. The van der Waals surface area contributed by atoms with Gasteiger partial charge in [-0.1, -0.05) is 0 Å². The molecule has 1 atom stereocenters. The molecule has 1 aliphatic rings. The molecular formula is C21H25FN6O2. The molecule has 158 valence electrons. The first-order chi connectivity index (χ1) is 14.5. The largest absolute Gasteiger partial charge is 0.477 e. The van der Waals surface area contributed by atoms with Gasteiger partial charge in [0.05, 0.1) is 12.2 Å². The van der Waals surface area contributed by atoms with E-state index in [0.29, 0.717) is 18.3 Å². The fourth-order valence-corrected chi connectivity index (χ4v) is 3.97. The Bertz CT molecular complexity index is 1060. The van der Waals surface area contributed by atoms with Gasteiger partial charge in [-0.2, -0.15) is 5.10 Å². The number of nitrogens with zero attached hydrogens (tertiary/aromatic N) is 4. The van der Waals surface area contributed by atoms with Crippen LogP contribution in [0, 0.1) is 11.7 Å². The highest BCUT2D eigenvalue weighted by atomic mass is 19.1. The van der Waals surface area contributed by atoms with Gasteiger partial charge in [-0.3, -0.25) is 0 Å². The Morgan fingerprint density at radius 1 is 1.37 bits per heavy atom. The molecule has 8 nitrogen and oxygen atoms in total. The van der Waals surface area contributed by atoms with Crippen molar-refractivity contribution in [2.45, 2.75) is 25.8 Å². The summed E-state index contributed by atoms with van der Waals surface area (Å²) in [6, 6.07) is 6.32. The van der Waals surface area contributed by atoms with Crippen LogP contribution in [0.2, 0.25) is 0 Å². The number of anilines is 2. The topological polar surface area (TPSA) is 109 Å². The Morgan fingerprint density at radius 2 is 2.13 bits per heavy atom. The first-order valence-electron chi connectivity index (χ1n) is 10.0. The summed E-state index contributed by atoms with van der Waals surface area (Å²) in [4.78, 5) is 18.0. The van der Waals surface area contributed by atoms with Crippen molar-refractivity contribution < 1.29 is 14.3 Å². The van der Waals surface area contributed by atoms with Crippen LogP contribution in [0.1, 0.15) is 41.7 Å². The van der Waals surface area contributed by atoms with Gasteiger partial charge in [-0.15, -0.1) is 0 Å². The molecule has 0 radical (unpaired) electrons. The summed E-state index contributed by atoms with van der Waals surface area (Å²) in [5, 5.41) is 16.6. The monoisotopic (exact) mass is 412 g/mol. The molecule has 4 N–H and O–H groups in total. The number of halogens is 1. The summed E-state index contributed by atoms with van der Waals surface area (Å²) < 4.78 is 15.5. The van der Waals surface area contributed by atoms with E-state index in [4.69, 9.17) is 5.73 Å². The molecular weight excluding hydrogens is 387 g/mol. The normalized spacial score (nSPS) is 16.0. The van der Waals surface area contributed by atoms with E-state index >= 15 is 0 Å². The van der Waals surface area contributed by atoms with Gasteiger partial charge >= 0.3 is 5.97 Å². The molecule has 1 aliphatic heterocycles. The number of nitrogens with one attached hydrogen (secondary N) is 1. The van der Waals surface area contributed by atoms with Crippen molar-refractivity contribution >= 4 is 23.1 Å². The zero-order chi connectivity index (χ0) is 21.3. The standard InChI is InChI=1S/C21H25FN6O2/c1-13(25-19-6-9-28-20(26-19)17(12-24-28)21(29)30)16-10-15(22)2-3-18(16)27-7-4-14(11-23)5-8-27/h2-3,6,9-10,12-14H,4-5,7-8,11,23H2,1H3,(H,25,26)(H,29,30). The number of hydrogen-bond donors (Lipinski definition) is 3. The molecule has 0 saturated carbocycles. The fraction of sp³-hybridized carbons (Fsp3) is 0.381. The number of rotatable bonds is 6. The SMILES string of the molecule is CC(Nc1ccn2ncc(C(=O)O)c2n1)c1cc(F)ccc1N1CCC(CN)CC1. The Kier molecular flexibility index (Phi) is 5.54. The van der Waals surface area contributed by atoms with E-state index in [1.165, 1.54) is 16.8 Å². The van der Waals surface area contributed by atoms with Crippen molar-refractivity contribution in [1.82, 2.24) is 14.6 Å². The predicted molar refractivity (Wildman–Crippen MR) is 112 cm³/mol. The van der Waals surface area contributed by atoms with Crippen LogP contribution in [0.15, 0.2) is 36.7 Å². The number of piperidine rings is 1. The summed E-state index contributed by atoms with van der Waals surface area (Å²) in [7, 11) is 0. The van der Waals surface area contributed by atoms with Crippen LogP contribution < -0.4 is 16.0 Å². The van der Waals surface area contributed by atoms with Crippen molar-refractivity contribution in [3.63, 3.8) is 0 Å². The van der Waals surface area contributed by atoms with E-state index in [2.05, 4.69) is 20.3 Å². The van der Waals surface area contributed by atoms with Gasteiger partial charge in [0.1, 0.15) is 17.2 Å². The number of carboxylic acids is 1. The Labute approximate surface area is 173 Å². The van der Waals surface area contributed by atoms with Gasteiger partial charge < -0.3 is 21.1 Å². The minimum absolute atomic E-state index is 0.0283. The van der Waals surface area contributed by atoms with Crippen LogP contribution in [-0.2, 0) is 0 Å². The highest BCUT2D eigenvalue weighted by Crippen LogP contribution is 2.32. The molecule has 0 bridgehead atoms. The number of fused-ring (bicyclic) bond motifs is 1. The molecule has 0 amide bonds. The van der Waals surface area contributed by atoms with Crippen molar-refractivity contribution in [1.29, 1.82) is 0 Å². The van der Waals surface area contributed by atoms with Gasteiger partial charge in [-0.25, -0.2) is 18.7 Å². The molecule has 2 aromatic heterocycles. The molecule has 30 heavy (non-hydrogen) atoms.